The summed E-state index contributed by atoms with van der Waals surface area (Å²) in [5.41, 5.74) is 12.4. The van der Waals surface area contributed by atoms with Crippen LogP contribution in [0.1, 0.15) is 12.0 Å². The largest absolute Gasteiger partial charge is 0.370 e. The molecule has 3 aromatic rings. The Kier molecular flexibility index (Phi) is 7.37. The van der Waals surface area contributed by atoms with Crippen LogP contribution in [0.5, 0.6) is 0 Å². The zero-order valence-electron chi connectivity index (χ0n) is 16.3. The molecule has 0 unspecified atom stereocenters. The Morgan fingerprint density at radius 2 is 1.72 bits per heavy atom. The Morgan fingerprint density at radius 3 is 2.31 bits per heavy atom. The number of nitrogens with one attached hydrogen (secondary N) is 2. The fourth-order valence-electron chi connectivity index (χ4n) is 3.08. The predicted octanol–water partition coefficient (Wildman–Crippen LogP) is 4.61. The van der Waals surface area contributed by atoms with Crippen molar-refractivity contribution in [3.05, 3.63) is 60.6 Å². The average Bonchev–Trinajstić information content (AvgIpc) is 2.73. The lowest BCUT2D eigenvalue weighted by Gasteiger charge is -2.15. The highest BCUT2D eigenvalue weighted by Gasteiger charge is 2.12. The molecule has 0 fully saturated rings. The first-order valence-corrected chi connectivity index (χ1v) is 11.5. The van der Waals surface area contributed by atoms with Crippen molar-refractivity contribution in [2.24, 2.45) is 5.73 Å². The molecule has 1 heterocycles. The fourth-order valence-corrected chi connectivity index (χ4v) is 3.79. The lowest BCUT2D eigenvalue weighted by atomic mass is 9.93. The van der Waals surface area contributed by atoms with Gasteiger partial charge in [-0.2, -0.15) is 0 Å². The maximum atomic E-state index is 11.4. The van der Waals surface area contributed by atoms with Crippen molar-refractivity contribution in [2.75, 3.05) is 22.0 Å². The number of nitrogens with two attached hydrogens (primary N) is 1. The van der Waals surface area contributed by atoms with E-state index < -0.39 is 0 Å². The number of aromatic nitrogens is 2. The molecule has 6 nitrogen and oxygen atoms in total. The highest BCUT2D eigenvalue weighted by Crippen LogP contribution is 2.34. The molecule has 0 saturated carbocycles. The van der Waals surface area contributed by atoms with Gasteiger partial charge in [-0.3, -0.25) is 14.8 Å². The summed E-state index contributed by atoms with van der Waals surface area (Å²) in [6.45, 7) is 0. The van der Waals surface area contributed by atoms with Crippen molar-refractivity contribution in [3.63, 3.8) is 0 Å². The third-order valence-electron chi connectivity index (χ3n) is 4.29. The van der Waals surface area contributed by atoms with E-state index in [1.54, 1.807) is 42.5 Å². The van der Waals surface area contributed by atoms with Crippen molar-refractivity contribution < 1.29 is 4.79 Å². The monoisotopic (exact) mass is 425 g/mol. The Bertz CT molecular complexity index is 958. The molecule has 0 spiro atoms. The van der Waals surface area contributed by atoms with E-state index >= 15 is 0 Å². The van der Waals surface area contributed by atoms with E-state index in [0.717, 1.165) is 39.3 Å². The molecule has 3 rings (SSSR count). The van der Waals surface area contributed by atoms with Crippen LogP contribution in [0.4, 0.5) is 11.4 Å². The topological polar surface area (TPSA) is 92.9 Å². The van der Waals surface area contributed by atoms with Gasteiger partial charge in [0, 0.05) is 48.3 Å². The maximum Gasteiger partial charge on any atom is 0.217 e. The number of hydrogen-bond donors (Lipinski definition) is 3. The average molecular weight is 426 g/mol. The van der Waals surface area contributed by atoms with E-state index in [9.17, 15) is 4.79 Å². The van der Waals surface area contributed by atoms with Gasteiger partial charge in [0.05, 0.1) is 11.9 Å². The standard InChI is InChI=1S/C21H23N5OS2/c1-28-25-17-10-16(11-18(12-17)26-29-2)19-5-3-15(20-13-23-7-8-24-20)9-14(19)4-6-21(22)27/h3,5,7-13,25-26H,4,6H2,1-2H3,(H2,22,27). The molecule has 1 amide bonds. The summed E-state index contributed by atoms with van der Waals surface area (Å²) in [6, 6.07) is 12.4. The number of rotatable bonds is 9. The lowest BCUT2D eigenvalue weighted by Crippen LogP contribution is -2.11. The SMILES string of the molecule is CSNc1cc(NSC)cc(-c2ccc(-c3cnccn3)cc2CCC(N)=O)c1. The molecule has 8 heteroatoms. The molecule has 0 bridgehead atoms. The molecule has 0 radical (unpaired) electrons. The first kappa shape index (κ1) is 21.0. The minimum Gasteiger partial charge on any atom is -0.370 e. The maximum absolute atomic E-state index is 11.4. The van der Waals surface area contributed by atoms with Crippen molar-refractivity contribution in [1.29, 1.82) is 0 Å². The van der Waals surface area contributed by atoms with Gasteiger partial charge in [-0.25, -0.2) is 0 Å². The Morgan fingerprint density at radius 1 is 1.00 bits per heavy atom. The highest BCUT2D eigenvalue weighted by atomic mass is 32.2. The summed E-state index contributed by atoms with van der Waals surface area (Å²) in [6.07, 6.45) is 9.88. The first-order chi connectivity index (χ1) is 14.1. The minimum atomic E-state index is -0.316. The van der Waals surface area contributed by atoms with E-state index in [0.29, 0.717) is 6.42 Å². The number of anilines is 2. The van der Waals surface area contributed by atoms with E-state index in [4.69, 9.17) is 5.73 Å². The van der Waals surface area contributed by atoms with Crippen LogP contribution < -0.4 is 15.2 Å². The number of hydrogen-bond acceptors (Lipinski definition) is 7. The number of aryl methyl sites for hydroxylation is 1. The Balaban J connectivity index is 2.08. The fraction of sp³-hybridized carbons (Fsp3) is 0.190. The van der Waals surface area contributed by atoms with E-state index in [2.05, 4.69) is 49.7 Å². The molecule has 29 heavy (non-hydrogen) atoms. The molecule has 4 N–H and O–H groups in total. The second kappa shape index (κ2) is 10.2. The summed E-state index contributed by atoms with van der Waals surface area (Å²) in [5.74, 6) is -0.316. The normalized spacial score (nSPS) is 10.6. The quantitative estimate of drug-likeness (QED) is 0.431. The van der Waals surface area contributed by atoms with Crippen LogP contribution in [-0.2, 0) is 11.2 Å². The second-order valence-corrected chi connectivity index (χ2v) is 7.57. The van der Waals surface area contributed by atoms with Gasteiger partial charge in [-0.05, 0) is 47.4 Å². The third-order valence-corrected chi connectivity index (χ3v) is 5.17. The number of primary amides is 1. The van der Waals surface area contributed by atoms with Gasteiger partial charge in [-0.1, -0.05) is 36.0 Å². The van der Waals surface area contributed by atoms with Gasteiger partial charge in [0.15, 0.2) is 0 Å². The molecule has 0 saturated heterocycles. The molecule has 0 aliphatic heterocycles. The van der Waals surface area contributed by atoms with Gasteiger partial charge >= 0.3 is 0 Å². The number of carbonyl (C=O) groups excluding carboxylic acids is 1. The van der Waals surface area contributed by atoms with Crippen LogP contribution >= 0.6 is 23.9 Å². The zero-order chi connectivity index (χ0) is 20.6. The van der Waals surface area contributed by atoms with Crippen molar-refractivity contribution in [1.82, 2.24) is 9.97 Å². The smallest absolute Gasteiger partial charge is 0.217 e. The van der Waals surface area contributed by atoms with E-state index in [1.807, 2.05) is 18.6 Å². The molecule has 0 aliphatic carbocycles. The van der Waals surface area contributed by atoms with Gasteiger partial charge < -0.3 is 15.2 Å². The number of amides is 1. The Hall–Kier alpha value is -2.71. The summed E-state index contributed by atoms with van der Waals surface area (Å²) in [7, 11) is 0. The van der Waals surface area contributed by atoms with Gasteiger partial charge in [0.25, 0.3) is 0 Å². The molecular weight excluding hydrogens is 402 g/mol. The van der Waals surface area contributed by atoms with Crippen molar-refractivity contribution >= 4 is 41.2 Å². The molecule has 0 aliphatic rings. The molecule has 2 aromatic carbocycles. The van der Waals surface area contributed by atoms with Crippen LogP contribution in [0.15, 0.2) is 55.0 Å². The van der Waals surface area contributed by atoms with Crippen LogP contribution in [-0.4, -0.2) is 28.4 Å². The number of benzene rings is 2. The molecule has 0 atom stereocenters. The Labute approximate surface area is 179 Å². The van der Waals surface area contributed by atoms with E-state index in [-0.39, 0.29) is 12.3 Å². The van der Waals surface area contributed by atoms with Crippen LogP contribution in [0.3, 0.4) is 0 Å². The summed E-state index contributed by atoms with van der Waals surface area (Å²) >= 11 is 3.09. The summed E-state index contributed by atoms with van der Waals surface area (Å²) < 4.78 is 6.60. The molecular formula is C21H23N5OS2. The third kappa shape index (κ3) is 5.65. The minimum absolute atomic E-state index is 0.287. The highest BCUT2D eigenvalue weighted by molar-refractivity contribution is 8.00. The number of nitrogens with zero attached hydrogens (tertiary/aromatic N) is 2. The van der Waals surface area contributed by atoms with E-state index in [1.165, 1.54) is 0 Å². The predicted molar refractivity (Wildman–Crippen MR) is 125 cm³/mol. The molecule has 150 valence electrons. The summed E-state index contributed by atoms with van der Waals surface area (Å²) in [4.78, 5) is 20.0. The van der Waals surface area contributed by atoms with Crippen LogP contribution in [0, 0.1) is 0 Å². The van der Waals surface area contributed by atoms with Crippen molar-refractivity contribution in [2.45, 2.75) is 12.8 Å². The second-order valence-electron chi connectivity index (χ2n) is 6.34. The lowest BCUT2D eigenvalue weighted by molar-refractivity contribution is -0.117. The molecule has 1 aromatic heterocycles. The summed E-state index contributed by atoms with van der Waals surface area (Å²) in [5, 5.41) is 0. The van der Waals surface area contributed by atoms with Crippen LogP contribution in [0.25, 0.3) is 22.4 Å². The van der Waals surface area contributed by atoms with Crippen molar-refractivity contribution in [3.8, 4) is 22.4 Å². The van der Waals surface area contributed by atoms with Gasteiger partial charge in [0.2, 0.25) is 5.91 Å². The first-order valence-electron chi connectivity index (χ1n) is 9.01. The zero-order valence-corrected chi connectivity index (χ0v) is 17.9. The number of carbonyl (C=O) groups is 1. The van der Waals surface area contributed by atoms with Crippen LogP contribution in [0.2, 0.25) is 0 Å². The van der Waals surface area contributed by atoms with Gasteiger partial charge in [0.1, 0.15) is 0 Å². The van der Waals surface area contributed by atoms with Gasteiger partial charge in [-0.15, -0.1) is 0 Å².